The Kier molecular flexibility index (Phi) is 4.22. The Balaban J connectivity index is 1.64. The zero-order valence-electron chi connectivity index (χ0n) is 14.4. The fraction of sp³-hybridized carbons (Fsp3) is 0.625. The van der Waals surface area contributed by atoms with Crippen molar-refractivity contribution in [1.29, 1.82) is 0 Å². The number of rotatable bonds is 5. The zero-order valence-corrected chi connectivity index (χ0v) is 16.0. The van der Waals surface area contributed by atoms with E-state index in [2.05, 4.69) is 31.9 Å². The molecule has 2 aliphatic heterocycles. The van der Waals surface area contributed by atoms with E-state index in [-0.39, 0.29) is 11.7 Å². The van der Waals surface area contributed by atoms with Gasteiger partial charge in [-0.15, -0.1) is 0 Å². The number of aromatic nitrogens is 2. The molecule has 4 heterocycles. The molecule has 25 heavy (non-hydrogen) atoms. The van der Waals surface area contributed by atoms with Gasteiger partial charge in [-0.1, -0.05) is 5.16 Å². The highest BCUT2D eigenvalue weighted by molar-refractivity contribution is 7.89. The van der Waals surface area contributed by atoms with Crippen molar-refractivity contribution in [3.8, 4) is 0 Å². The highest BCUT2D eigenvalue weighted by Gasteiger charge is 2.58. The molecule has 9 heteroatoms. The minimum absolute atomic E-state index is 0.122. The van der Waals surface area contributed by atoms with Gasteiger partial charge in [-0.2, -0.15) is 16.3 Å². The summed E-state index contributed by atoms with van der Waals surface area (Å²) in [6, 6.07) is 2.14. The van der Waals surface area contributed by atoms with E-state index in [0.29, 0.717) is 24.8 Å². The van der Waals surface area contributed by atoms with E-state index in [1.54, 1.807) is 29.5 Å². The molecule has 0 radical (unpaired) electrons. The van der Waals surface area contributed by atoms with Crippen LogP contribution in [-0.4, -0.2) is 59.7 Å². The first kappa shape index (κ1) is 17.1. The Morgan fingerprint density at radius 1 is 1.40 bits per heavy atom. The molecule has 0 bridgehead atoms. The summed E-state index contributed by atoms with van der Waals surface area (Å²) in [7, 11) is -3.22. The number of sulfonamides is 1. The molecule has 136 valence electrons. The summed E-state index contributed by atoms with van der Waals surface area (Å²) < 4.78 is 31.9. The van der Waals surface area contributed by atoms with Crippen LogP contribution in [0.5, 0.6) is 0 Å². The molecule has 0 spiro atoms. The number of hydrogen-bond donors (Lipinski definition) is 0. The van der Waals surface area contributed by atoms with Crippen molar-refractivity contribution < 1.29 is 12.9 Å². The molecule has 0 aliphatic carbocycles. The molecule has 2 aliphatic rings. The number of nitrogens with zero attached hydrogens (tertiary/aromatic N) is 4. The zero-order chi connectivity index (χ0) is 17.7. The maximum absolute atomic E-state index is 12.4. The molecular formula is C16H22N4O3S2. The van der Waals surface area contributed by atoms with E-state index in [4.69, 9.17) is 4.52 Å². The first-order valence-corrected chi connectivity index (χ1v) is 11.0. The predicted molar refractivity (Wildman–Crippen MR) is 94.8 cm³/mol. The van der Waals surface area contributed by atoms with Crippen molar-refractivity contribution in [2.75, 3.05) is 31.9 Å². The van der Waals surface area contributed by atoms with Crippen molar-refractivity contribution >= 4 is 21.4 Å². The molecule has 0 N–H and O–H groups in total. The van der Waals surface area contributed by atoms with E-state index in [1.165, 1.54) is 5.56 Å². The van der Waals surface area contributed by atoms with Gasteiger partial charge in [-0.3, -0.25) is 4.90 Å². The lowest BCUT2D eigenvalue weighted by atomic mass is 9.81. The lowest BCUT2D eigenvalue weighted by Crippen LogP contribution is -2.40. The van der Waals surface area contributed by atoms with Gasteiger partial charge in [0.05, 0.1) is 11.2 Å². The SMILES string of the molecule is CCS(=O)(=O)N1C[C@@H]2CN(Cc3ccsc3)C[C@]2(c2nc(C)no2)C1. The lowest BCUT2D eigenvalue weighted by Gasteiger charge is -2.25. The summed E-state index contributed by atoms with van der Waals surface area (Å²) in [6.45, 7) is 6.89. The van der Waals surface area contributed by atoms with Crippen LogP contribution >= 0.6 is 11.3 Å². The molecule has 0 amide bonds. The van der Waals surface area contributed by atoms with Gasteiger partial charge >= 0.3 is 0 Å². The summed E-state index contributed by atoms with van der Waals surface area (Å²) >= 11 is 1.69. The maximum Gasteiger partial charge on any atom is 0.235 e. The summed E-state index contributed by atoms with van der Waals surface area (Å²) in [5, 5.41) is 8.19. The Morgan fingerprint density at radius 3 is 2.88 bits per heavy atom. The van der Waals surface area contributed by atoms with Crippen LogP contribution in [0.1, 0.15) is 24.2 Å². The molecule has 2 atom stereocenters. The standard InChI is InChI=1S/C16H22N4O3S2/c1-3-25(21,22)20-8-14-7-19(6-13-4-5-24-9-13)10-16(14,11-20)15-17-12(2)18-23-15/h4-5,9,14H,3,6-8,10-11H2,1-2H3/t14-,16-/m0/s1. The fourth-order valence-electron chi connectivity index (χ4n) is 4.08. The average Bonchev–Trinajstić information content (AvgIpc) is 3.30. The van der Waals surface area contributed by atoms with Gasteiger partial charge in [-0.05, 0) is 36.2 Å². The Hall–Kier alpha value is -1.29. The van der Waals surface area contributed by atoms with E-state index in [0.717, 1.165) is 19.6 Å². The summed E-state index contributed by atoms with van der Waals surface area (Å²) in [6.07, 6.45) is 0. The second-order valence-corrected chi connectivity index (χ2v) is 10.0. The van der Waals surface area contributed by atoms with Crippen LogP contribution < -0.4 is 0 Å². The first-order valence-electron chi connectivity index (χ1n) is 8.45. The Bertz CT molecular complexity index is 849. The Morgan fingerprint density at radius 2 is 2.24 bits per heavy atom. The fourth-order valence-corrected chi connectivity index (χ4v) is 5.94. The third-order valence-corrected chi connectivity index (χ3v) is 7.87. The van der Waals surface area contributed by atoms with Gasteiger partial charge in [0.2, 0.25) is 15.9 Å². The van der Waals surface area contributed by atoms with Gasteiger partial charge in [0, 0.05) is 38.6 Å². The predicted octanol–water partition coefficient (Wildman–Crippen LogP) is 1.47. The number of fused-ring (bicyclic) bond motifs is 1. The van der Waals surface area contributed by atoms with E-state index in [1.807, 2.05) is 0 Å². The Labute approximate surface area is 151 Å². The first-order chi connectivity index (χ1) is 11.9. The van der Waals surface area contributed by atoms with Gasteiger partial charge < -0.3 is 4.52 Å². The number of thiophene rings is 1. The van der Waals surface area contributed by atoms with Crippen molar-refractivity contribution in [3.05, 3.63) is 34.1 Å². The molecule has 2 fully saturated rings. The van der Waals surface area contributed by atoms with Crippen LogP contribution in [0, 0.1) is 12.8 Å². The van der Waals surface area contributed by atoms with Crippen molar-refractivity contribution in [2.45, 2.75) is 25.8 Å². The molecule has 0 unspecified atom stereocenters. The molecule has 0 saturated carbocycles. The molecule has 2 saturated heterocycles. The van der Waals surface area contributed by atoms with Gasteiger partial charge in [0.15, 0.2) is 5.82 Å². The number of likely N-dealkylation sites (tertiary alicyclic amines) is 1. The molecule has 7 nitrogen and oxygen atoms in total. The highest BCUT2D eigenvalue weighted by atomic mass is 32.2. The highest BCUT2D eigenvalue weighted by Crippen LogP contribution is 2.45. The second kappa shape index (κ2) is 6.15. The average molecular weight is 383 g/mol. The maximum atomic E-state index is 12.4. The molecule has 2 aromatic heterocycles. The summed E-state index contributed by atoms with van der Waals surface area (Å²) in [4.78, 5) is 6.85. The molecular weight excluding hydrogens is 360 g/mol. The minimum Gasteiger partial charge on any atom is -0.339 e. The van der Waals surface area contributed by atoms with Crippen molar-refractivity contribution in [3.63, 3.8) is 0 Å². The van der Waals surface area contributed by atoms with Crippen molar-refractivity contribution in [2.24, 2.45) is 5.92 Å². The summed E-state index contributed by atoms with van der Waals surface area (Å²) in [5.41, 5.74) is 0.888. The third-order valence-electron chi connectivity index (χ3n) is 5.35. The van der Waals surface area contributed by atoms with Crippen LogP contribution in [-0.2, 0) is 22.0 Å². The van der Waals surface area contributed by atoms with E-state index < -0.39 is 15.4 Å². The van der Waals surface area contributed by atoms with Crippen LogP contribution in [0.25, 0.3) is 0 Å². The third kappa shape index (κ3) is 2.92. The topological polar surface area (TPSA) is 79.5 Å². The lowest BCUT2D eigenvalue weighted by molar-refractivity contribution is 0.244. The van der Waals surface area contributed by atoms with Crippen LogP contribution in [0.15, 0.2) is 21.3 Å². The van der Waals surface area contributed by atoms with Gasteiger partial charge in [0.1, 0.15) is 0 Å². The van der Waals surface area contributed by atoms with Gasteiger partial charge in [-0.25, -0.2) is 12.7 Å². The van der Waals surface area contributed by atoms with Crippen LogP contribution in [0.4, 0.5) is 0 Å². The quantitative estimate of drug-likeness (QED) is 0.779. The number of aryl methyl sites for hydroxylation is 1. The van der Waals surface area contributed by atoms with Gasteiger partial charge in [0.25, 0.3) is 0 Å². The smallest absolute Gasteiger partial charge is 0.235 e. The number of hydrogen-bond acceptors (Lipinski definition) is 7. The van der Waals surface area contributed by atoms with E-state index in [9.17, 15) is 8.42 Å². The van der Waals surface area contributed by atoms with Crippen molar-refractivity contribution in [1.82, 2.24) is 19.3 Å². The second-order valence-electron chi connectivity index (χ2n) is 6.99. The normalized spacial score (nSPS) is 27.8. The molecule has 2 aromatic rings. The monoisotopic (exact) mass is 382 g/mol. The molecule has 4 rings (SSSR count). The summed E-state index contributed by atoms with van der Waals surface area (Å²) in [5.74, 6) is 1.47. The molecule has 0 aromatic carbocycles. The van der Waals surface area contributed by atoms with E-state index >= 15 is 0 Å². The van der Waals surface area contributed by atoms with Crippen LogP contribution in [0.3, 0.4) is 0 Å². The minimum atomic E-state index is -3.22. The largest absolute Gasteiger partial charge is 0.339 e. The van der Waals surface area contributed by atoms with Crippen LogP contribution in [0.2, 0.25) is 0 Å².